The molecule has 1 aromatic carbocycles. The lowest BCUT2D eigenvalue weighted by molar-refractivity contribution is 0.0755. The van der Waals surface area contributed by atoms with Gasteiger partial charge in [-0.05, 0) is 42.7 Å². The fourth-order valence-electron chi connectivity index (χ4n) is 3.01. The number of carbonyl (C=O) groups excluding carboxylic acids is 2. The van der Waals surface area contributed by atoms with E-state index < -0.39 is 0 Å². The van der Waals surface area contributed by atoms with Gasteiger partial charge in [0.2, 0.25) is 0 Å². The number of nitrogens with one attached hydrogen (secondary N) is 1. The van der Waals surface area contributed by atoms with Crippen molar-refractivity contribution < 1.29 is 14.0 Å². The van der Waals surface area contributed by atoms with E-state index in [1.54, 1.807) is 18.2 Å². The monoisotopic (exact) mass is 355 g/mol. The van der Waals surface area contributed by atoms with Crippen molar-refractivity contribution in [2.75, 3.05) is 13.1 Å². The van der Waals surface area contributed by atoms with Crippen LogP contribution in [0.15, 0.2) is 42.6 Å². The number of hydrogen-bond acceptors (Lipinski definition) is 3. The minimum absolute atomic E-state index is 0.125. The quantitative estimate of drug-likeness (QED) is 0.916. The van der Waals surface area contributed by atoms with Gasteiger partial charge >= 0.3 is 0 Å². The fraction of sp³-hybridized carbons (Fsp3) is 0.350. The molecule has 0 bridgehead atoms. The molecule has 1 aliphatic rings. The van der Waals surface area contributed by atoms with Gasteiger partial charge in [-0.15, -0.1) is 0 Å². The second-order valence-electron chi connectivity index (χ2n) is 6.45. The van der Waals surface area contributed by atoms with Crippen LogP contribution in [-0.2, 0) is 6.54 Å². The molecular formula is C20H22FN3O2. The highest BCUT2D eigenvalue weighted by molar-refractivity contribution is 5.98. The Morgan fingerprint density at radius 3 is 2.42 bits per heavy atom. The summed E-state index contributed by atoms with van der Waals surface area (Å²) in [6.45, 7) is 1.76. The second-order valence-corrected chi connectivity index (χ2v) is 6.45. The first-order valence-electron chi connectivity index (χ1n) is 8.91. The second kappa shape index (κ2) is 8.56. The van der Waals surface area contributed by atoms with E-state index in [0.717, 1.165) is 44.3 Å². The SMILES string of the molecule is O=C(NCc1ccc(F)cc1)c1ccnc(C(=O)N2CCCCCC2)c1. The van der Waals surface area contributed by atoms with Gasteiger partial charge in [0.05, 0.1) is 0 Å². The van der Waals surface area contributed by atoms with Gasteiger partial charge in [-0.1, -0.05) is 25.0 Å². The first-order valence-corrected chi connectivity index (χ1v) is 8.91. The van der Waals surface area contributed by atoms with Gasteiger partial charge in [0.1, 0.15) is 11.5 Å². The van der Waals surface area contributed by atoms with Crippen molar-refractivity contribution in [3.8, 4) is 0 Å². The van der Waals surface area contributed by atoms with Crippen LogP contribution < -0.4 is 5.32 Å². The van der Waals surface area contributed by atoms with Gasteiger partial charge in [-0.2, -0.15) is 0 Å². The molecule has 6 heteroatoms. The van der Waals surface area contributed by atoms with Gasteiger partial charge in [-0.3, -0.25) is 14.6 Å². The van der Waals surface area contributed by atoms with Crippen LogP contribution in [-0.4, -0.2) is 34.8 Å². The number of nitrogens with zero attached hydrogens (tertiary/aromatic N) is 2. The molecule has 3 rings (SSSR count). The minimum atomic E-state index is -0.314. The highest BCUT2D eigenvalue weighted by Gasteiger charge is 2.19. The van der Waals surface area contributed by atoms with Crippen LogP contribution in [0.1, 0.15) is 52.1 Å². The Morgan fingerprint density at radius 2 is 1.73 bits per heavy atom. The summed E-state index contributed by atoms with van der Waals surface area (Å²) in [4.78, 5) is 30.9. The molecule has 1 fully saturated rings. The van der Waals surface area contributed by atoms with Gasteiger partial charge < -0.3 is 10.2 Å². The third kappa shape index (κ3) is 4.65. The lowest BCUT2D eigenvalue weighted by Gasteiger charge is -2.19. The van der Waals surface area contributed by atoms with Crippen molar-refractivity contribution >= 4 is 11.8 Å². The van der Waals surface area contributed by atoms with Gasteiger partial charge in [0.25, 0.3) is 11.8 Å². The smallest absolute Gasteiger partial charge is 0.272 e. The van der Waals surface area contributed by atoms with Crippen LogP contribution in [0.5, 0.6) is 0 Å². The van der Waals surface area contributed by atoms with Crippen LogP contribution in [0.2, 0.25) is 0 Å². The molecule has 0 radical (unpaired) electrons. The molecule has 2 aromatic rings. The van der Waals surface area contributed by atoms with E-state index >= 15 is 0 Å². The Morgan fingerprint density at radius 1 is 1.04 bits per heavy atom. The van der Waals surface area contributed by atoms with Crippen LogP contribution in [0.3, 0.4) is 0 Å². The molecule has 1 saturated heterocycles. The Labute approximate surface area is 152 Å². The summed E-state index contributed by atoms with van der Waals surface area (Å²) >= 11 is 0. The predicted molar refractivity (Wildman–Crippen MR) is 96.2 cm³/mol. The summed E-state index contributed by atoms with van der Waals surface area (Å²) in [5, 5.41) is 2.78. The predicted octanol–water partition coefficient (Wildman–Crippen LogP) is 3.17. The summed E-state index contributed by atoms with van der Waals surface area (Å²) in [6, 6.07) is 9.07. The first-order chi connectivity index (χ1) is 12.6. The number of rotatable bonds is 4. The molecule has 1 aliphatic heterocycles. The highest BCUT2D eigenvalue weighted by atomic mass is 19.1. The lowest BCUT2D eigenvalue weighted by Crippen LogP contribution is -2.32. The molecule has 136 valence electrons. The molecule has 1 N–H and O–H groups in total. The number of amides is 2. The summed E-state index contributed by atoms with van der Waals surface area (Å²) in [5.41, 5.74) is 1.48. The van der Waals surface area contributed by atoms with E-state index in [1.807, 2.05) is 4.90 Å². The Hall–Kier alpha value is -2.76. The zero-order valence-electron chi connectivity index (χ0n) is 14.6. The molecule has 2 heterocycles. The molecule has 0 saturated carbocycles. The molecule has 2 amide bonds. The number of halogens is 1. The van der Waals surface area contributed by atoms with Gasteiger partial charge in [0, 0.05) is 31.4 Å². The van der Waals surface area contributed by atoms with Gasteiger partial charge in [0.15, 0.2) is 0 Å². The van der Waals surface area contributed by atoms with Crippen LogP contribution >= 0.6 is 0 Å². The minimum Gasteiger partial charge on any atom is -0.348 e. The zero-order chi connectivity index (χ0) is 18.4. The number of aromatic nitrogens is 1. The number of benzene rings is 1. The zero-order valence-corrected chi connectivity index (χ0v) is 14.6. The number of hydrogen-bond donors (Lipinski definition) is 1. The maximum absolute atomic E-state index is 12.9. The van der Waals surface area contributed by atoms with Crippen LogP contribution in [0, 0.1) is 5.82 Å². The Balaban J connectivity index is 1.64. The molecule has 0 spiro atoms. The number of likely N-dealkylation sites (tertiary alicyclic amines) is 1. The van der Waals surface area contributed by atoms with E-state index in [9.17, 15) is 14.0 Å². The lowest BCUT2D eigenvalue weighted by atomic mass is 10.2. The standard InChI is InChI=1S/C20H22FN3O2/c21-17-7-5-15(6-8-17)14-23-19(25)16-9-10-22-18(13-16)20(26)24-11-3-1-2-4-12-24/h5-10,13H,1-4,11-12,14H2,(H,23,25). The molecular weight excluding hydrogens is 333 g/mol. The topological polar surface area (TPSA) is 62.3 Å². The van der Waals surface area contributed by atoms with Crippen molar-refractivity contribution in [1.82, 2.24) is 15.2 Å². The number of carbonyl (C=O) groups is 2. The van der Waals surface area contributed by atoms with Crippen molar-refractivity contribution in [2.45, 2.75) is 32.2 Å². The molecule has 0 unspecified atom stereocenters. The molecule has 26 heavy (non-hydrogen) atoms. The van der Waals surface area contributed by atoms with E-state index in [4.69, 9.17) is 0 Å². The van der Waals surface area contributed by atoms with E-state index in [-0.39, 0.29) is 24.2 Å². The summed E-state index contributed by atoms with van der Waals surface area (Å²) < 4.78 is 12.9. The van der Waals surface area contributed by atoms with E-state index in [0.29, 0.717) is 11.3 Å². The average Bonchev–Trinajstić information content (AvgIpc) is 2.96. The number of pyridine rings is 1. The van der Waals surface area contributed by atoms with Crippen molar-refractivity contribution in [2.24, 2.45) is 0 Å². The average molecular weight is 355 g/mol. The highest BCUT2D eigenvalue weighted by Crippen LogP contribution is 2.13. The Bertz CT molecular complexity index is 769. The first kappa shape index (κ1) is 18.0. The Kier molecular flexibility index (Phi) is 5.94. The molecule has 1 aromatic heterocycles. The molecule has 0 atom stereocenters. The van der Waals surface area contributed by atoms with E-state index in [2.05, 4.69) is 10.3 Å². The van der Waals surface area contributed by atoms with Crippen molar-refractivity contribution in [1.29, 1.82) is 0 Å². The molecule has 5 nitrogen and oxygen atoms in total. The summed E-state index contributed by atoms with van der Waals surface area (Å²) in [7, 11) is 0. The normalized spacial score (nSPS) is 14.6. The van der Waals surface area contributed by atoms with E-state index in [1.165, 1.54) is 24.4 Å². The maximum Gasteiger partial charge on any atom is 0.272 e. The summed E-state index contributed by atoms with van der Waals surface area (Å²) in [5.74, 6) is -0.729. The fourth-order valence-corrected chi connectivity index (χ4v) is 3.01. The third-order valence-electron chi connectivity index (χ3n) is 4.50. The van der Waals surface area contributed by atoms with Crippen molar-refractivity contribution in [3.05, 3.63) is 65.2 Å². The summed E-state index contributed by atoms with van der Waals surface area (Å²) in [6.07, 6.45) is 5.77. The maximum atomic E-state index is 12.9. The van der Waals surface area contributed by atoms with Crippen molar-refractivity contribution in [3.63, 3.8) is 0 Å². The largest absolute Gasteiger partial charge is 0.348 e. The molecule has 0 aliphatic carbocycles. The van der Waals surface area contributed by atoms with Gasteiger partial charge in [-0.25, -0.2) is 4.39 Å². The third-order valence-corrected chi connectivity index (χ3v) is 4.50. The van der Waals surface area contributed by atoms with Crippen LogP contribution in [0.4, 0.5) is 4.39 Å². The van der Waals surface area contributed by atoms with Crippen LogP contribution in [0.25, 0.3) is 0 Å².